The van der Waals surface area contributed by atoms with E-state index in [4.69, 9.17) is 4.74 Å². The number of hydrogen-bond donors (Lipinski definition) is 2. The molecule has 1 unspecified atom stereocenters. The van der Waals surface area contributed by atoms with Crippen LogP contribution in [0.25, 0.3) is 0 Å². The van der Waals surface area contributed by atoms with Gasteiger partial charge in [0.15, 0.2) is 0 Å². The largest absolute Gasteiger partial charge is 0.480 e. The summed E-state index contributed by atoms with van der Waals surface area (Å²) in [4.78, 5) is 11.2. The van der Waals surface area contributed by atoms with Gasteiger partial charge < -0.3 is 9.84 Å². The highest BCUT2D eigenvalue weighted by atomic mass is 16.5. The van der Waals surface area contributed by atoms with Crippen LogP contribution in [0.4, 0.5) is 0 Å². The molecule has 0 aromatic heterocycles. The van der Waals surface area contributed by atoms with Gasteiger partial charge in [-0.25, -0.2) is 0 Å². The molecule has 0 aliphatic carbocycles. The number of nitrogens with one attached hydrogen (secondary N) is 1. The molecule has 0 radical (unpaired) electrons. The Morgan fingerprint density at radius 2 is 2.06 bits per heavy atom. The van der Waals surface area contributed by atoms with Gasteiger partial charge in [0.25, 0.3) is 0 Å². The number of carboxylic acid groups (broad SMARTS) is 1. The van der Waals surface area contributed by atoms with E-state index in [2.05, 4.69) is 5.32 Å². The maximum absolute atomic E-state index is 11.2. The van der Waals surface area contributed by atoms with Crippen molar-refractivity contribution in [3.05, 3.63) is 35.9 Å². The molecule has 0 aliphatic heterocycles. The third kappa shape index (κ3) is 4.17. The average Bonchev–Trinajstić information content (AvgIpc) is 2.35. The minimum atomic E-state index is -1.05. The Morgan fingerprint density at radius 1 is 1.41 bits per heavy atom. The quantitative estimate of drug-likeness (QED) is 0.757. The Morgan fingerprint density at radius 3 is 2.59 bits per heavy atom. The molecule has 0 amide bonds. The maximum Gasteiger partial charge on any atom is 0.326 e. The predicted molar refractivity (Wildman–Crippen MR) is 65.8 cm³/mol. The SMILES string of the molecule is CCOCC(C)(NCc1ccccc1)C(=O)O. The van der Waals surface area contributed by atoms with Gasteiger partial charge in [-0.05, 0) is 19.4 Å². The number of hydrogen-bond acceptors (Lipinski definition) is 3. The highest BCUT2D eigenvalue weighted by Gasteiger charge is 2.32. The van der Waals surface area contributed by atoms with Gasteiger partial charge in [-0.1, -0.05) is 30.3 Å². The molecule has 0 saturated heterocycles. The first-order valence-electron chi connectivity index (χ1n) is 5.68. The highest BCUT2D eigenvalue weighted by Crippen LogP contribution is 2.08. The Kier molecular flexibility index (Phi) is 5.12. The number of rotatable bonds is 7. The van der Waals surface area contributed by atoms with Crippen molar-refractivity contribution in [2.45, 2.75) is 25.9 Å². The van der Waals surface area contributed by atoms with Gasteiger partial charge in [0.05, 0.1) is 6.61 Å². The van der Waals surface area contributed by atoms with Crippen molar-refractivity contribution in [1.82, 2.24) is 5.32 Å². The number of aliphatic carboxylic acids is 1. The Bertz CT molecular complexity index is 353. The van der Waals surface area contributed by atoms with Crippen molar-refractivity contribution < 1.29 is 14.6 Å². The van der Waals surface area contributed by atoms with Gasteiger partial charge in [0, 0.05) is 13.2 Å². The van der Waals surface area contributed by atoms with Crippen LogP contribution in [0.15, 0.2) is 30.3 Å². The molecular formula is C13H19NO3. The minimum absolute atomic E-state index is 0.158. The van der Waals surface area contributed by atoms with Crippen LogP contribution in [-0.2, 0) is 16.1 Å². The lowest BCUT2D eigenvalue weighted by atomic mass is 10.0. The molecule has 1 aromatic rings. The van der Waals surface area contributed by atoms with Crippen LogP contribution in [0.2, 0.25) is 0 Å². The van der Waals surface area contributed by atoms with Crippen LogP contribution >= 0.6 is 0 Å². The van der Waals surface area contributed by atoms with Crippen molar-refractivity contribution in [2.75, 3.05) is 13.2 Å². The van der Waals surface area contributed by atoms with Gasteiger partial charge in [-0.15, -0.1) is 0 Å². The summed E-state index contributed by atoms with van der Waals surface area (Å²) in [5.74, 6) is -0.901. The second-order valence-electron chi connectivity index (χ2n) is 4.11. The van der Waals surface area contributed by atoms with Crippen molar-refractivity contribution in [1.29, 1.82) is 0 Å². The molecule has 0 heterocycles. The van der Waals surface area contributed by atoms with Crippen LogP contribution < -0.4 is 5.32 Å². The molecule has 0 fully saturated rings. The first-order valence-corrected chi connectivity index (χ1v) is 5.68. The number of carboxylic acids is 1. The predicted octanol–water partition coefficient (Wildman–Crippen LogP) is 1.66. The summed E-state index contributed by atoms with van der Waals surface area (Å²) >= 11 is 0. The number of ether oxygens (including phenoxy) is 1. The first kappa shape index (κ1) is 13.7. The molecule has 0 aliphatic rings. The molecular weight excluding hydrogens is 218 g/mol. The van der Waals surface area contributed by atoms with Gasteiger partial charge in [-0.3, -0.25) is 10.1 Å². The van der Waals surface area contributed by atoms with E-state index in [9.17, 15) is 9.90 Å². The van der Waals surface area contributed by atoms with E-state index in [1.165, 1.54) is 0 Å². The zero-order valence-corrected chi connectivity index (χ0v) is 10.3. The van der Waals surface area contributed by atoms with E-state index in [0.29, 0.717) is 13.2 Å². The van der Waals surface area contributed by atoms with Gasteiger partial charge >= 0.3 is 5.97 Å². The number of benzene rings is 1. The highest BCUT2D eigenvalue weighted by molar-refractivity contribution is 5.78. The lowest BCUT2D eigenvalue weighted by Gasteiger charge is -2.26. The van der Waals surface area contributed by atoms with Crippen molar-refractivity contribution in [3.63, 3.8) is 0 Å². The molecule has 4 nitrogen and oxygen atoms in total. The molecule has 0 bridgehead atoms. The summed E-state index contributed by atoms with van der Waals surface area (Å²) in [6, 6.07) is 9.70. The smallest absolute Gasteiger partial charge is 0.326 e. The summed E-state index contributed by atoms with van der Waals surface area (Å²) in [5.41, 5.74) is 0.00254. The van der Waals surface area contributed by atoms with Gasteiger partial charge in [-0.2, -0.15) is 0 Å². The van der Waals surface area contributed by atoms with Crippen LogP contribution in [0.5, 0.6) is 0 Å². The zero-order valence-electron chi connectivity index (χ0n) is 10.3. The molecule has 0 spiro atoms. The average molecular weight is 237 g/mol. The molecule has 0 saturated carbocycles. The molecule has 1 atom stereocenters. The third-order valence-electron chi connectivity index (χ3n) is 2.59. The van der Waals surface area contributed by atoms with E-state index in [1.54, 1.807) is 6.92 Å². The van der Waals surface area contributed by atoms with Crippen molar-refractivity contribution in [2.24, 2.45) is 0 Å². The van der Waals surface area contributed by atoms with E-state index in [0.717, 1.165) is 5.56 Å². The van der Waals surface area contributed by atoms with Crippen LogP contribution in [-0.4, -0.2) is 29.8 Å². The standard InChI is InChI=1S/C13H19NO3/c1-3-17-10-13(2,12(15)16)14-9-11-7-5-4-6-8-11/h4-8,14H,3,9-10H2,1-2H3,(H,15,16). The summed E-state index contributed by atoms with van der Waals surface area (Å²) in [5, 5.41) is 12.2. The normalized spacial score (nSPS) is 14.2. The summed E-state index contributed by atoms with van der Waals surface area (Å²) in [6.45, 7) is 4.66. The van der Waals surface area contributed by atoms with E-state index in [-0.39, 0.29) is 6.61 Å². The zero-order chi connectivity index (χ0) is 12.7. The fourth-order valence-corrected chi connectivity index (χ4v) is 1.39. The molecule has 94 valence electrons. The fraction of sp³-hybridized carbons (Fsp3) is 0.462. The second kappa shape index (κ2) is 6.37. The lowest BCUT2D eigenvalue weighted by Crippen LogP contribution is -2.52. The summed E-state index contributed by atoms with van der Waals surface area (Å²) in [6.07, 6.45) is 0. The number of carbonyl (C=O) groups is 1. The Labute approximate surface area is 102 Å². The van der Waals surface area contributed by atoms with Gasteiger partial charge in [0.2, 0.25) is 0 Å². The topological polar surface area (TPSA) is 58.6 Å². The molecule has 17 heavy (non-hydrogen) atoms. The lowest BCUT2D eigenvalue weighted by molar-refractivity contribution is -0.146. The summed E-state index contributed by atoms with van der Waals surface area (Å²) < 4.78 is 5.21. The maximum atomic E-state index is 11.2. The Balaban J connectivity index is 2.58. The fourth-order valence-electron chi connectivity index (χ4n) is 1.39. The first-order chi connectivity index (χ1) is 8.08. The summed E-state index contributed by atoms with van der Waals surface area (Å²) in [7, 11) is 0. The molecule has 4 heteroatoms. The van der Waals surface area contributed by atoms with Crippen LogP contribution in [0.1, 0.15) is 19.4 Å². The van der Waals surface area contributed by atoms with Crippen molar-refractivity contribution in [3.8, 4) is 0 Å². The monoisotopic (exact) mass is 237 g/mol. The minimum Gasteiger partial charge on any atom is -0.480 e. The Hall–Kier alpha value is -1.39. The second-order valence-corrected chi connectivity index (χ2v) is 4.11. The van der Waals surface area contributed by atoms with Crippen LogP contribution in [0.3, 0.4) is 0 Å². The third-order valence-corrected chi connectivity index (χ3v) is 2.59. The van der Waals surface area contributed by atoms with E-state index >= 15 is 0 Å². The van der Waals surface area contributed by atoms with Crippen LogP contribution in [0, 0.1) is 0 Å². The van der Waals surface area contributed by atoms with E-state index in [1.807, 2.05) is 37.3 Å². The van der Waals surface area contributed by atoms with Gasteiger partial charge in [0.1, 0.15) is 5.54 Å². The molecule has 2 N–H and O–H groups in total. The van der Waals surface area contributed by atoms with E-state index < -0.39 is 11.5 Å². The molecule has 1 aromatic carbocycles. The molecule has 1 rings (SSSR count). The van der Waals surface area contributed by atoms with Crippen molar-refractivity contribution >= 4 is 5.97 Å².